The highest BCUT2D eigenvalue weighted by molar-refractivity contribution is 5.84. The second-order valence-corrected chi connectivity index (χ2v) is 6.12. The Hall–Kier alpha value is -1.51. The van der Waals surface area contributed by atoms with Crippen molar-refractivity contribution in [2.45, 2.75) is 53.0 Å². The third-order valence-electron chi connectivity index (χ3n) is 3.35. The average molecular weight is 276 g/mol. The fourth-order valence-corrected chi connectivity index (χ4v) is 1.94. The average Bonchev–Trinajstić information content (AvgIpc) is 2.38. The minimum absolute atomic E-state index is 0.0561. The largest absolute Gasteiger partial charge is 0.374 e. The van der Waals surface area contributed by atoms with Crippen LogP contribution in [0.4, 0.5) is 5.69 Å². The molecule has 1 rings (SSSR count). The van der Waals surface area contributed by atoms with Crippen LogP contribution in [-0.2, 0) is 4.79 Å². The number of benzene rings is 1. The van der Waals surface area contributed by atoms with Gasteiger partial charge in [0.05, 0.1) is 0 Å². The Morgan fingerprint density at radius 3 is 2.45 bits per heavy atom. The van der Waals surface area contributed by atoms with Gasteiger partial charge in [-0.2, -0.15) is 0 Å². The summed E-state index contributed by atoms with van der Waals surface area (Å²) in [6.45, 7) is 11.3. The summed E-state index contributed by atoms with van der Waals surface area (Å²) < 4.78 is 0. The Labute approximate surface area is 123 Å². The maximum Gasteiger partial charge on any atom is 0.242 e. The fourth-order valence-electron chi connectivity index (χ4n) is 1.94. The second-order valence-electron chi connectivity index (χ2n) is 6.12. The highest BCUT2D eigenvalue weighted by Gasteiger charge is 2.12. The van der Waals surface area contributed by atoms with E-state index in [1.54, 1.807) is 0 Å². The van der Waals surface area contributed by atoms with Gasteiger partial charge in [-0.05, 0) is 42.9 Å². The smallest absolute Gasteiger partial charge is 0.242 e. The molecule has 1 aromatic carbocycles. The molecule has 3 heteroatoms. The van der Waals surface area contributed by atoms with Crippen molar-refractivity contribution in [2.24, 2.45) is 5.92 Å². The van der Waals surface area contributed by atoms with Crippen LogP contribution in [-0.4, -0.2) is 18.5 Å². The summed E-state index contributed by atoms with van der Waals surface area (Å²) >= 11 is 0. The minimum atomic E-state index is -0.218. The first-order chi connectivity index (χ1) is 9.40. The van der Waals surface area contributed by atoms with Crippen molar-refractivity contribution in [3.63, 3.8) is 0 Å². The Balaban J connectivity index is 2.50. The molecule has 1 aromatic rings. The molecule has 1 unspecified atom stereocenters. The number of hydrogen-bond donors (Lipinski definition) is 2. The Bertz CT molecular complexity index is 427. The van der Waals surface area contributed by atoms with E-state index in [9.17, 15) is 4.79 Å². The van der Waals surface area contributed by atoms with Gasteiger partial charge < -0.3 is 10.6 Å². The lowest BCUT2D eigenvalue weighted by atomic mass is 10.0. The van der Waals surface area contributed by atoms with E-state index in [4.69, 9.17) is 0 Å². The minimum Gasteiger partial charge on any atom is -0.374 e. The molecular weight excluding hydrogens is 248 g/mol. The van der Waals surface area contributed by atoms with Crippen molar-refractivity contribution in [2.75, 3.05) is 11.9 Å². The van der Waals surface area contributed by atoms with Crippen LogP contribution in [0, 0.1) is 5.92 Å². The third-order valence-corrected chi connectivity index (χ3v) is 3.35. The van der Waals surface area contributed by atoms with E-state index in [-0.39, 0.29) is 11.9 Å². The normalized spacial score (nSPS) is 12.6. The Morgan fingerprint density at radius 1 is 1.15 bits per heavy atom. The number of rotatable bonds is 7. The van der Waals surface area contributed by atoms with Crippen LogP contribution in [0.5, 0.6) is 0 Å². The first-order valence-corrected chi connectivity index (χ1v) is 7.54. The van der Waals surface area contributed by atoms with Gasteiger partial charge in [0.1, 0.15) is 6.04 Å². The van der Waals surface area contributed by atoms with Crippen LogP contribution in [0.15, 0.2) is 24.3 Å². The predicted molar refractivity (Wildman–Crippen MR) is 86.1 cm³/mol. The van der Waals surface area contributed by atoms with Gasteiger partial charge in [0, 0.05) is 12.2 Å². The second kappa shape index (κ2) is 7.93. The topological polar surface area (TPSA) is 41.1 Å². The van der Waals surface area contributed by atoms with Gasteiger partial charge in [-0.25, -0.2) is 0 Å². The zero-order valence-corrected chi connectivity index (χ0v) is 13.4. The molecule has 0 aliphatic heterocycles. The fraction of sp³-hybridized carbons (Fsp3) is 0.588. The lowest BCUT2D eigenvalue weighted by Gasteiger charge is -2.17. The van der Waals surface area contributed by atoms with Crippen LogP contribution in [0.1, 0.15) is 52.5 Å². The van der Waals surface area contributed by atoms with Gasteiger partial charge in [-0.15, -0.1) is 0 Å². The maximum absolute atomic E-state index is 12.0. The third kappa shape index (κ3) is 5.64. The molecule has 3 nitrogen and oxygen atoms in total. The number of carbonyl (C=O) groups excluding carboxylic acids is 1. The molecule has 20 heavy (non-hydrogen) atoms. The Morgan fingerprint density at radius 2 is 1.85 bits per heavy atom. The lowest BCUT2D eigenvalue weighted by Crippen LogP contribution is -2.38. The van der Waals surface area contributed by atoms with E-state index >= 15 is 0 Å². The highest BCUT2D eigenvalue weighted by atomic mass is 16.2. The van der Waals surface area contributed by atoms with Crippen LogP contribution in [0.3, 0.4) is 0 Å². The molecule has 0 aromatic heterocycles. The summed E-state index contributed by atoms with van der Waals surface area (Å²) in [5, 5.41) is 6.23. The standard InChI is InChI=1S/C17H28N2O/c1-12(2)9-10-18-17(20)14(5)19-16-8-6-7-15(11-16)13(3)4/h6-8,11-14,19H,9-10H2,1-5H3,(H,18,20). The molecule has 0 aliphatic carbocycles. The molecule has 0 saturated carbocycles. The highest BCUT2D eigenvalue weighted by Crippen LogP contribution is 2.19. The molecule has 0 heterocycles. The molecule has 1 amide bonds. The lowest BCUT2D eigenvalue weighted by molar-refractivity contribution is -0.121. The molecule has 0 fully saturated rings. The predicted octanol–water partition coefficient (Wildman–Crippen LogP) is 3.77. The van der Waals surface area contributed by atoms with E-state index < -0.39 is 0 Å². The van der Waals surface area contributed by atoms with Gasteiger partial charge in [0.15, 0.2) is 0 Å². The Kier molecular flexibility index (Phi) is 6.56. The van der Waals surface area contributed by atoms with E-state index in [1.165, 1.54) is 5.56 Å². The van der Waals surface area contributed by atoms with Crippen molar-refractivity contribution < 1.29 is 4.79 Å². The summed E-state index contributed by atoms with van der Waals surface area (Å²) in [7, 11) is 0. The first kappa shape index (κ1) is 16.5. The molecule has 0 spiro atoms. The van der Waals surface area contributed by atoms with Crippen molar-refractivity contribution in [3.8, 4) is 0 Å². The monoisotopic (exact) mass is 276 g/mol. The molecule has 0 saturated heterocycles. The number of nitrogens with one attached hydrogen (secondary N) is 2. The van der Waals surface area contributed by atoms with E-state index in [0.29, 0.717) is 11.8 Å². The van der Waals surface area contributed by atoms with Gasteiger partial charge in [0.2, 0.25) is 5.91 Å². The number of anilines is 1. The summed E-state index contributed by atoms with van der Waals surface area (Å²) in [5.41, 5.74) is 2.28. The van der Waals surface area contributed by atoms with Crippen molar-refractivity contribution in [1.82, 2.24) is 5.32 Å². The summed E-state index contributed by atoms with van der Waals surface area (Å²) in [6, 6.07) is 8.04. The van der Waals surface area contributed by atoms with E-state index in [0.717, 1.165) is 18.7 Å². The van der Waals surface area contributed by atoms with Crippen molar-refractivity contribution in [1.29, 1.82) is 0 Å². The van der Waals surface area contributed by atoms with Crippen LogP contribution in [0.25, 0.3) is 0 Å². The summed E-state index contributed by atoms with van der Waals surface area (Å²) in [6.07, 6.45) is 1.02. The molecule has 112 valence electrons. The van der Waals surface area contributed by atoms with Gasteiger partial charge in [0.25, 0.3) is 0 Å². The summed E-state index contributed by atoms with van der Waals surface area (Å²) in [5.74, 6) is 1.16. The molecule has 1 atom stereocenters. The van der Waals surface area contributed by atoms with Crippen LogP contribution in [0.2, 0.25) is 0 Å². The molecular formula is C17H28N2O. The maximum atomic E-state index is 12.0. The zero-order valence-electron chi connectivity index (χ0n) is 13.4. The van der Waals surface area contributed by atoms with Gasteiger partial charge in [-0.1, -0.05) is 39.8 Å². The molecule has 2 N–H and O–H groups in total. The first-order valence-electron chi connectivity index (χ1n) is 7.54. The number of hydrogen-bond acceptors (Lipinski definition) is 2. The van der Waals surface area contributed by atoms with Gasteiger partial charge >= 0.3 is 0 Å². The summed E-state index contributed by atoms with van der Waals surface area (Å²) in [4.78, 5) is 12.0. The molecule has 0 radical (unpaired) electrons. The van der Waals surface area contributed by atoms with E-state index in [2.05, 4.69) is 50.5 Å². The van der Waals surface area contributed by atoms with E-state index in [1.807, 2.05) is 19.1 Å². The zero-order chi connectivity index (χ0) is 15.1. The molecule has 0 bridgehead atoms. The number of amides is 1. The van der Waals surface area contributed by atoms with Gasteiger partial charge in [-0.3, -0.25) is 4.79 Å². The quantitative estimate of drug-likeness (QED) is 0.796. The SMILES string of the molecule is CC(C)CCNC(=O)C(C)Nc1cccc(C(C)C)c1. The van der Waals surface area contributed by atoms with Crippen LogP contribution < -0.4 is 10.6 Å². The number of carbonyl (C=O) groups is 1. The van der Waals surface area contributed by atoms with Crippen molar-refractivity contribution >= 4 is 11.6 Å². The molecule has 0 aliphatic rings. The van der Waals surface area contributed by atoms with Crippen LogP contribution >= 0.6 is 0 Å². The van der Waals surface area contributed by atoms with Crippen molar-refractivity contribution in [3.05, 3.63) is 29.8 Å².